The van der Waals surface area contributed by atoms with E-state index in [2.05, 4.69) is 20.6 Å². The number of anilines is 4. The molecule has 0 unspecified atom stereocenters. The molecule has 0 bridgehead atoms. The molecule has 0 amide bonds. The summed E-state index contributed by atoms with van der Waals surface area (Å²) in [7, 11) is 4.87. The van der Waals surface area contributed by atoms with Crippen LogP contribution in [-0.4, -0.2) is 41.1 Å². The van der Waals surface area contributed by atoms with Crippen LogP contribution < -0.4 is 24.8 Å². The molecule has 2 heterocycles. The monoisotopic (exact) mass is 458 g/mol. The summed E-state index contributed by atoms with van der Waals surface area (Å²) in [5, 5.41) is 11.6. The Labute approximate surface area is 197 Å². The Morgan fingerprint density at radius 1 is 0.882 bits per heavy atom. The number of aryl methyl sites for hydroxylation is 1. The molecule has 2 N–H and O–H groups in total. The molecule has 1 aliphatic carbocycles. The molecule has 9 nitrogen and oxygen atoms in total. The minimum Gasteiger partial charge on any atom is -0.497 e. The largest absolute Gasteiger partial charge is 0.497 e. The van der Waals surface area contributed by atoms with Gasteiger partial charge in [-0.1, -0.05) is 6.07 Å². The molecule has 4 aromatic rings. The van der Waals surface area contributed by atoms with Crippen molar-refractivity contribution in [2.75, 3.05) is 32.0 Å². The lowest BCUT2D eigenvalue weighted by molar-refractivity contribution is 0.355. The Bertz CT molecular complexity index is 1320. The van der Waals surface area contributed by atoms with Crippen LogP contribution in [0.15, 0.2) is 54.7 Å². The van der Waals surface area contributed by atoms with Gasteiger partial charge in [-0.05, 0) is 49.6 Å². The van der Waals surface area contributed by atoms with E-state index >= 15 is 0 Å². The summed E-state index contributed by atoms with van der Waals surface area (Å²) in [6.45, 7) is 0. The Morgan fingerprint density at radius 2 is 1.76 bits per heavy atom. The van der Waals surface area contributed by atoms with Crippen molar-refractivity contribution in [3.05, 3.63) is 66.0 Å². The van der Waals surface area contributed by atoms with Crippen LogP contribution >= 0.6 is 0 Å². The number of nitrogens with zero attached hydrogens (tertiary/aromatic N) is 4. The molecule has 9 heteroatoms. The molecule has 174 valence electrons. The van der Waals surface area contributed by atoms with Crippen molar-refractivity contribution in [3.8, 4) is 22.9 Å². The highest BCUT2D eigenvalue weighted by molar-refractivity contribution is 5.65. The maximum Gasteiger partial charge on any atom is 0.229 e. The Morgan fingerprint density at radius 3 is 2.59 bits per heavy atom. The lowest BCUT2D eigenvalue weighted by Crippen LogP contribution is -2.07. The lowest BCUT2D eigenvalue weighted by Gasteiger charge is -2.13. The van der Waals surface area contributed by atoms with Crippen LogP contribution in [0.1, 0.15) is 17.7 Å². The maximum atomic E-state index is 5.41. The van der Waals surface area contributed by atoms with Crippen molar-refractivity contribution in [2.24, 2.45) is 0 Å². The lowest BCUT2D eigenvalue weighted by atomic mass is 10.2. The third-order valence-electron chi connectivity index (χ3n) is 5.75. The summed E-state index contributed by atoms with van der Waals surface area (Å²) in [6, 6.07) is 15.3. The van der Waals surface area contributed by atoms with Gasteiger partial charge >= 0.3 is 0 Å². The molecule has 0 spiro atoms. The van der Waals surface area contributed by atoms with Crippen LogP contribution in [-0.2, 0) is 12.8 Å². The van der Waals surface area contributed by atoms with Gasteiger partial charge in [0.1, 0.15) is 17.4 Å². The topological polar surface area (TPSA) is 95.4 Å². The maximum absolute atomic E-state index is 5.41. The second-order valence-electron chi connectivity index (χ2n) is 7.83. The average molecular weight is 459 g/mol. The Hall–Kier alpha value is -4.27. The molecule has 5 rings (SSSR count). The summed E-state index contributed by atoms with van der Waals surface area (Å²) in [4.78, 5) is 9.03. The zero-order valence-electron chi connectivity index (χ0n) is 19.3. The van der Waals surface area contributed by atoms with E-state index in [0.29, 0.717) is 23.3 Å². The van der Waals surface area contributed by atoms with Crippen LogP contribution in [0.2, 0.25) is 0 Å². The molecular weight excluding hydrogens is 432 g/mol. The predicted molar refractivity (Wildman–Crippen MR) is 130 cm³/mol. The summed E-state index contributed by atoms with van der Waals surface area (Å²) in [5.74, 6) is 4.10. The third kappa shape index (κ3) is 4.19. The number of hydrogen-bond acceptors (Lipinski definition) is 8. The fourth-order valence-corrected chi connectivity index (χ4v) is 4.10. The predicted octanol–water partition coefficient (Wildman–Crippen LogP) is 4.66. The molecule has 0 atom stereocenters. The standard InChI is InChI=1S/C25H26N6O3/c1-32-18-7-4-6-17(15-18)31-24(19-8-5-9-20(19)30-31)28-23-12-13-26-25(29-23)27-16-10-11-21(33-2)22(14-16)34-3/h4,6-7,10-15H,5,8-9H2,1-3H3,(H2,26,27,28,29). The van der Waals surface area contributed by atoms with Gasteiger partial charge in [0.05, 0.1) is 32.7 Å². The summed E-state index contributed by atoms with van der Waals surface area (Å²) < 4.78 is 18.0. The highest BCUT2D eigenvalue weighted by Crippen LogP contribution is 2.34. The molecule has 34 heavy (non-hydrogen) atoms. The van der Waals surface area contributed by atoms with Gasteiger partial charge in [-0.3, -0.25) is 0 Å². The second kappa shape index (κ2) is 9.30. The first kappa shape index (κ1) is 21.6. The van der Waals surface area contributed by atoms with Gasteiger partial charge in [0.15, 0.2) is 11.5 Å². The van der Waals surface area contributed by atoms with E-state index in [1.54, 1.807) is 27.5 Å². The van der Waals surface area contributed by atoms with E-state index in [1.165, 1.54) is 5.56 Å². The first-order chi connectivity index (χ1) is 16.7. The molecule has 0 radical (unpaired) electrons. The zero-order chi connectivity index (χ0) is 23.5. The van der Waals surface area contributed by atoms with Crippen molar-refractivity contribution < 1.29 is 14.2 Å². The zero-order valence-corrected chi connectivity index (χ0v) is 19.3. The molecular formula is C25H26N6O3. The Kier molecular flexibility index (Phi) is 5.90. The smallest absolute Gasteiger partial charge is 0.229 e. The number of aromatic nitrogens is 4. The van der Waals surface area contributed by atoms with Crippen molar-refractivity contribution in [3.63, 3.8) is 0 Å². The molecule has 0 saturated carbocycles. The minimum atomic E-state index is 0.460. The van der Waals surface area contributed by atoms with E-state index in [9.17, 15) is 0 Å². The summed E-state index contributed by atoms with van der Waals surface area (Å²) >= 11 is 0. The number of ether oxygens (including phenoxy) is 3. The number of hydrogen-bond donors (Lipinski definition) is 2. The molecule has 2 aromatic carbocycles. The first-order valence-electron chi connectivity index (χ1n) is 11.0. The van der Waals surface area contributed by atoms with Crippen LogP contribution in [0.25, 0.3) is 5.69 Å². The van der Waals surface area contributed by atoms with Crippen LogP contribution in [0.5, 0.6) is 17.2 Å². The van der Waals surface area contributed by atoms with E-state index in [4.69, 9.17) is 19.3 Å². The second-order valence-corrected chi connectivity index (χ2v) is 7.83. The number of rotatable bonds is 8. The summed E-state index contributed by atoms with van der Waals surface area (Å²) in [5.41, 5.74) is 4.05. The fraction of sp³-hybridized carbons (Fsp3) is 0.240. The van der Waals surface area contributed by atoms with Gasteiger partial charge in [0.2, 0.25) is 5.95 Å². The molecule has 2 aromatic heterocycles. The van der Waals surface area contributed by atoms with Gasteiger partial charge in [0.25, 0.3) is 0 Å². The average Bonchev–Trinajstić information content (AvgIpc) is 3.47. The fourth-order valence-electron chi connectivity index (χ4n) is 4.10. The first-order valence-corrected chi connectivity index (χ1v) is 11.0. The van der Waals surface area contributed by atoms with Crippen molar-refractivity contribution in [1.82, 2.24) is 19.7 Å². The summed E-state index contributed by atoms with van der Waals surface area (Å²) in [6.07, 6.45) is 4.76. The van der Waals surface area contributed by atoms with E-state index in [0.717, 1.165) is 47.9 Å². The molecule has 1 aliphatic rings. The van der Waals surface area contributed by atoms with Gasteiger partial charge in [-0.15, -0.1) is 0 Å². The normalized spacial score (nSPS) is 12.2. The number of methoxy groups -OCH3 is 3. The quantitative estimate of drug-likeness (QED) is 0.394. The number of nitrogens with one attached hydrogen (secondary N) is 2. The van der Waals surface area contributed by atoms with Gasteiger partial charge in [-0.25, -0.2) is 9.67 Å². The third-order valence-corrected chi connectivity index (χ3v) is 5.75. The number of benzene rings is 2. The van der Waals surface area contributed by atoms with Gasteiger partial charge in [0, 0.05) is 29.6 Å². The van der Waals surface area contributed by atoms with E-state index in [-0.39, 0.29) is 0 Å². The highest BCUT2D eigenvalue weighted by atomic mass is 16.5. The molecule has 0 fully saturated rings. The van der Waals surface area contributed by atoms with Crippen molar-refractivity contribution in [1.29, 1.82) is 0 Å². The van der Waals surface area contributed by atoms with Crippen LogP contribution in [0.4, 0.5) is 23.3 Å². The van der Waals surface area contributed by atoms with E-state index in [1.807, 2.05) is 53.2 Å². The SMILES string of the molecule is COc1cccc(-n2nc3c(c2Nc2ccnc(Nc4ccc(OC)c(OC)c4)n2)CCC3)c1. The van der Waals surface area contributed by atoms with Crippen molar-refractivity contribution >= 4 is 23.3 Å². The Balaban J connectivity index is 1.44. The van der Waals surface area contributed by atoms with Gasteiger partial charge < -0.3 is 24.8 Å². The van der Waals surface area contributed by atoms with Gasteiger partial charge in [-0.2, -0.15) is 10.1 Å². The molecule has 0 saturated heterocycles. The van der Waals surface area contributed by atoms with Crippen LogP contribution in [0.3, 0.4) is 0 Å². The number of fused-ring (bicyclic) bond motifs is 1. The van der Waals surface area contributed by atoms with Crippen molar-refractivity contribution in [2.45, 2.75) is 19.3 Å². The van der Waals surface area contributed by atoms with Crippen LogP contribution in [0, 0.1) is 0 Å². The minimum absolute atomic E-state index is 0.460. The van der Waals surface area contributed by atoms with E-state index < -0.39 is 0 Å². The highest BCUT2D eigenvalue weighted by Gasteiger charge is 2.23. The molecule has 0 aliphatic heterocycles.